The predicted molar refractivity (Wildman–Crippen MR) is 116 cm³/mol. The van der Waals surface area contributed by atoms with Gasteiger partial charge in [0, 0.05) is 25.7 Å². The van der Waals surface area contributed by atoms with E-state index in [-0.39, 0.29) is 17.3 Å². The summed E-state index contributed by atoms with van der Waals surface area (Å²) in [6.07, 6.45) is 3.85. The third kappa shape index (κ3) is 4.11. The Morgan fingerprint density at radius 3 is 2.50 bits per heavy atom. The lowest BCUT2D eigenvalue weighted by molar-refractivity contribution is 0.0949. The van der Waals surface area contributed by atoms with E-state index in [0.717, 1.165) is 42.5 Å². The average molecular weight is 427 g/mol. The van der Waals surface area contributed by atoms with Crippen molar-refractivity contribution in [2.45, 2.75) is 37.1 Å². The molecule has 0 radical (unpaired) electrons. The van der Waals surface area contributed by atoms with E-state index in [0.29, 0.717) is 18.7 Å². The summed E-state index contributed by atoms with van der Waals surface area (Å²) in [6.45, 7) is 1.32. The van der Waals surface area contributed by atoms with Gasteiger partial charge in [0.1, 0.15) is 5.82 Å². The van der Waals surface area contributed by atoms with E-state index >= 15 is 0 Å². The Labute approximate surface area is 176 Å². The van der Waals surface area contributed by atoms with Crippen molar-refractivity contribution in [3.05, 3.63) is 59.9 Å². The van der Waals surface area contributed by atoms with E-state index in [1.165, 1.54) is 10.4 Å². The van der Waals surface area contributed by atoms with E-state index < -0.39 is 10.0 Å². The van der Waals surface area contributed by atoms with Crippen LogP contribution >= 0.6 is 0 Å². The first-order valence-electron chi connectivity index (χ1n) is 10.3. The highest BCUT2D eigenvalue weighted by Gasteiger charge is 2.25. The van der Waals surface area contributed by atoms with Crippen molar-refractivity contribution < 1.29 is 13.2 Å². The number of hydrogen-bond acceptors (Lipinski definition) is 4. The molecule has 30 heavy (non-hydrogen) atoms. The molecular weight excluding hydrogens is 400 g/mol. The standard InChI is InChI=1S/C22H26N4O3S/c1-25-20-12-5-4-11-19(20)24-21(25)16-23-22(27)17-9-8-10-18(15-17)30(28,29)26-13-6-2-3-7-14-26/h4-5,8-12,15H,2-3,6-7,13-14,16H2,1H3,(H,23,27). The molecule has 0 aliphatic carbocycles. The number of nitrogens with one attached hydrogen (secondary N) is 1. The van der Waals surface area contributed by atoms with E-state index in [1.807, 2.05) is 35.9 Å². The Morgan fingerprint density at radius 2 is 1.77 bits per heavy atom. The molecule has 0 bridgehead atoms. The second kappa shape index (κ2) is 8.57. The van der Waals surface area contributed by atoms with Gasteiger partial charge in [-0.3, -0.25) is 4.79 Å². The maximum Gasteiger partial charge on any atom is 0.251 e. The lowest BCUT2D eigenvalue weighted by Crippen LogP contribution is -2.32. The molecule has 1 amide bonds. The van der Waals surface area contributed by atoms with E-state index in [1.54, 1.807) is 18.2 Å². The molecule has 7 nitrogen and oxygen atoms in total. The number of rotatable bonds is 5. The number of hydrogen-bond donors (Lipinski definition) is 1. The first-order valence-corrected chi connectivity index (χ1v) is 11.7. The topological polar surface area (TPSA) is 84.3 Å². The lowest BCUT2D eigenvalue weighted by atomic mass is 10.2. The van der Waals surface area contributed by atoms with Crippen molar-refractivity contribution in [3.8, 4) is 0 Å². The van der Waals surface area contributed by atoms with Gasteiger partial charge in [-0.2, -0.15) is 4.31 Å². The minimum absolute atomic E-state index is 0.166. The largest absolute Gasteiger partial charge is 0.345 e. The van der Waals surface area contributed by atoms with Crippen LogP contribution in [0.5, 0.6) is 0 Å². The van der Waals surface area contributed by atoms with Crippen LogP contribution < -0.4 is 5.32 Å². The Bertz CT molecular complexity index is 1160. The molecule has 0 spiro atoms. The highest BCUT2D eigenvalue weighted by molar-refractivity contribution is 7.89. The van der Waals surface area contributed by atoms with Gasteiger partial charge in [-0.1, -0.05) is 31.0 Å². The summed E-state index contributed by atoms with van der Waals surface area (Å²) in [5.74, 6) is 0.410. The van der Waals surface area contributed by atoms with Crippen LogP contribution in [0, 0.1) is 0 Å². The number of nitrogens with zero attached hydrogens (tertiary/aromatic N) is 3. The number of aryl methyl sites for hydroxylation is 1. The molecule has 1 saturated heterocycles. The number of carbonyl (C=O) groups is 1. The molecule has 1 aliphatic heterocycles. The molecule has 158 valence electrons. The Balaban J connectivity index is 1.50. The van der Waals surface area contributed by atoms with Crippen LogP contribution in [0.2, 0.25) is 0 Å². The molecule has 0 unspecified atom stereocenters. The zero-order chi connectivity index (χ0) is 21.1. The van der Waals surface area contributed by atoms with Gasteiger partial charge < -0.3 is 9.88 Å². The highest BCUT2D eigenvalue weighted by atomic mass is 32.2. The number of carbonyl (C=O) groups excluding carboxylic acids is 1. The maximum absolute atomic E-state index is 13.0. The van der Waals surface area contributed by atoms with Crippen molar-refractivity contribution in [3.63, 3.8) is 0 Å². The van der Waals surface area contributed by atoms with Crippen LogP contribution in [0.15, 0.2) is 53.4 Å². The third-order valence-electron chi connectivity index (χ3n) is 5.59. The fourth-order valence-electron chi connectivity index (χ4n) is 3.84. The number of fused-ring (bicyclic) bond motifs is 1. The highest BCUT2D eigenvalue weighted by Crippen LogP contribution is 2.21. The van der Waals surface area contributed by atoms with Crippen LogP contribution in [0.3, 0.4) is 0 Å². The first kappa shape index (κ1) is 20.6. The molecule has 1 aromatic heterocycles. The summed E-state index contributed by atoms with van der Waals surface area (Å²) < 4.78 is 29.5. The minimum Gasteiger partial charge on any atom is -0.345 e. The Hall–Kier alpha value is -2.71. The fraction of sp³-hybridized carbons (Fsp3) is 0.364. The summed E-state index contributed by atoms with van der Waals surface area (Å²) in [5, 5.41) is 2.85. The molecule has 4 rings (SSSR count). The van der Waals surface area contributed by atoms with E-state index in [4.69, 9.17) is 0 Å². The molecule has 1 N–H and O–H groups in total. The second-order valence-electron chi connectivity index (χ2n) is 7.60. The molecule has 2 aromatic carbocycles. The number of amides is 1. The zero-order valence-electron chi connectivity index (χ0n) is 17.0. The van der Waals surface area contributed by atoms with Crippen molar-refractivity contribution >= 4 is 27.0 Å². The minimum atomic E-state index is -3.60. The molecule has 1 fully saturated rings. The van der Waals surface area contributed by atoms with Gasteiger partial charge in [0.15, 0.2) is 0 Å². The van der Waals surface area contributed by atoms with Crippen LogP contribution in [0.25, 0.3) is 11.0 Å². The number of sulfonamides is 1. The van der Waals surface area contributed by atoms with Gasteiger partial charge in [0.2, 0.25) is 10.0 Å². The summed E-state index contributed by atoms with van der Waals surface area (Å²) in [5.41, 5.74) is 2.19. The van der Waals surface area contributed by atoms with Crippen molar-refractivity contribution in [2.75, 3.05) is 13.1 Å². The fourth-order valence-corrected chi connectivity index (χ4v) is 5.41. The summed E-state index contributed by atoms with van der Waals surface area (Å²) in [4.78, 5) is 17.4. The third-order valence-corrected chi connectivity index (χ3v) is 7.48. The molecule has 1 aliphatic rings. The molecular formula is C22H26N4O3S. The lowest BCUT2D eigenvalue weighted by Gasteiger charge is -2.20. The van der Waals surface area contributed by atoms with Gasteiger partial charge in [0.05, 0.1) is 22.5 Å². The molecule has 8 heteroatoms. The van der Waals surface area contributed by atoms with Crippen LogP contribution in [0.1, 0.15) is 41.9 Å². The molecule has 3 aromatic rings. The predicted octanol–water partition coefficient (Wildman–Crippen LogP) is 3.07. The zero-order valence-corrected chi connectivity index (χ0v) is 17.9. The van der Waals surface area contributed by atoms with Gasteiger partial charge in [0.25, 0.3) is 5.91 Å². The second-order valence-corrected chi connectivity index (χ2v) is 9.54. The average Bonchev–Trinajstić information content (AvgIpc) is 2.93. The Kier molecular flexibility index (Phi) is 5.87. The quantitative estimate of drug-likeness (QED) is 0.680. The normalized spacial score (nSPS) is 15.8. The van der Waals surface area contributed by atoms with Gasteiger partial charge in [-0.05, 0) is 43.2 Å². The number of aromatic nitrogens is 2. The summed E-state index contributed by atoms with van der Waals surface area (Å²) in [6, 6.07) is 14.0. The van der Waals surface area contributed by atoms with Crippen molar-refractivity contribution in [1.29, 1.82) is 0 Å². The number of benzene rings is 2. The smallest absolute Gasteiger partial charge is 0.251 e. The molecule has 0 saturated carbocycles. The summed E-state index contributed by atoms with van der Waals surface area (Å²) >= 11 is 0. The van der Waals surface area contributed by atoms with Crippen LogP contribution in [0.4, 0.5) is 0 Å². The van der Waals surface area contributed by atoms with E-state index in [2.05, 4.69) is 10.3 Å². The molecule has 2 heterocycles. The van der Waals surface area contributed by atoms with Crippen LogP contribution in [-0.4, -0.2) is 41.3 Å². The van der Waals surface area contributed by atoms with Crippen LogP contribution in [-0.2, 0) is 23.6 Å². The van der Waals surface area contributed by atoms with Gasteiger partial charge in [-0.15, -0.1) is 0 Å². The number of imidazole rings is 1. The van der Waals surface area contributed by atoms with E-state index in [9.17, 15) is 13.2 Å². The maximum atomic E-state index is 13.0. The summed E-state index contributed by atoms with van der Waals surface area (Å²) in [7, 11) is -1.69. The first-order chi connectivity index (χ1) is 14.5. The van der Waals surface area contributed by atoms with Crippen molar-refractivity contribution in [2.24, 2.45) is 7.05 Å². The van der Waals surface area contributed by atoms with Gasteiger partial charge >= 0.3 is 0 Å². The Morgan fingerprint density at radius 1 is 1.03 bits per heavy atom. The van der Waals surface area contributed by atoms with Crippen molar-refractivity contribution in [1.82, 2.24) is 19.2 Å². The van der Waals surface area contributed by atoms with Gasteiger partial charge in [-0.25, -0.2) is 13.4 Å². The number of para-hydroxylation sites is 2. The SMILES string of the molecule is Cn1c(CNC(=O)c2cccc(S(=O)(=O)N3CCCCCC3)c2)nc2ccccc21. The molecule has 0 atom stereocenters. The monoisotopic (exact) mass is 426 g/mol.